The quantitative estimate of drug-likeness (QED) is 0.414. The Morgan fingerprint density at radius 3 is 2.48 bits per heavy atom. The molecule has 132 valence electrons. The van der Waals surface area contributed by atoms with Crippen molar-refractivity contribution in [1.82, 2.24) is 0 Å². The predicted molar refractivity (Wildman–Crippen MR) is 96.5 cm³/mol. The van der Waals surface area contributed by atoms with Gasteiger partial charge in [-0.05, 0) is 44.9 Å². The van der Waals surface area contributed by atoms with E-state index >= 15 is 0 Å². The SMILES string of the molecule is C/C=C\CCCC(=O)O.CCCCCC/C=C/C1CCC(=O)C1. The second kappa shape index (κ2) is 15.5. The van der Waals surface area contributed by atoms with E-state index in [-0.39, 0.29) is 6.42 Å². The van der Waals surface area contributed by atoms with E-state index in [9.17, 15) is 9.59 Å². The van der Waals surface area contributed by atoms with Gasteiger partial charge in [0.15, 0.2) is 0 Å². The van der Waals surface area contributed by atoms with Crippen LogP contribution in [0.5, 0.6) is 0 Å². The molecule has 1 atom stereocenters. The van der Waals surface area contributed by atoms with Gasteiger partial charge in [-0.25, -0.2) is 0 Å². The molecular formula is C20H34O3. The van der Waals surface area contributed by atoms with Crippen LogP contribution in [0.1, 0.15) is 84.5 Å². The molecular weight excluding hydrogens is 288 g/mol. The molecule has 0 heterocycles. The van der Waals surface area contributed by atoms with Crippen LogP contribution in [-0.2, 0) is 9.59 Å². The zero-order valence-electron chi connectivity index (χ0n) is 14.9. The van der Waals surface area contributed by atoms with Gasteiger partial charge in [-0.1, -0.05) is 50.5 Å². The molecule has 0 aromatic rings. The molecule has 1 N–H and O–H groups in total. The number of aliphatic carboxylic acids is 1. The number of ketones is 1. The highest BCUT2D eigenvalue weighted by molar-refractivity contribution is 5.80. The summed E-state index contributed by atoms with van der Waals surface area (Å²) in [5.41, 5.74) is 0. The molecule has 0 aromatic carbocycles. The minimum atomic E-state index is -0.709. The van der Waals surface area contributed by atoms with E-state index in [0.717, 1.165) is 32.1 Å². The fourth-order valence-corrected chi connectivity index (χ4v) is 2.52. The molecule has 3 heteroatoms. The van der Waals surface area contributed by atoms with Crippen molar-refractivity contribution in [3.05, 3.63) is 24.3 Å². The lowest BCUT2D eigenvalue weighted by Crippen LogP contribution is -1.92. The first kappa shape index (κ1) is 21.6. The third kappa shape index (κ3) is 15.3. The number of carbonyl (C=O) groups excluding carboxylic acids is 1. The number of hydrogen-bond donors (Lipinski definition) is 1. The lowest BCUT2D eigenvalue weighted by Gasteiger charge is -1.99. The first-order chi connectivity index (χ1) is 11.1. The van der Waals surface area contributed by atoms with Crippen molar-refractivity contribution < 1.29 is 14.7 Å². The molecule has 0 radical (unpaired) electrons. The second-order valence-electron chi connectivity index (χ2n) is 6.17. The number of hydrogen-bond acceptors (Lipinski definition) is 2. The fraction of sp³-hybridized carbons (Fsp3) is 0.700. The molecule has 0 aromatic heterocycles. The number of Topliss-reactive ketones (excluding diaryl/α,β-unsaturated/α-hetero) is 1. The number of unbranched alkanes of at least 4 members (excludes halogenated alkanes) is 5. The monoisotopic (exact) mass is 322 g/mol. The van der Waals surface area contributed by atoms with E-state index < -0.39 is 5.97 Å². The van der Waals surface area contributed by atoms with Gasteiger partial charge in [0.05, 0.1) is 0 Å². The number of rotatable bonds is 10. The molecule has 0 saturated heterocycles. The topological polar surface area (TPSA) is 54.4 Å². The van der Waals surface area contributed by atoms with E-state index in [0.29, 0.717) is 11.7 Å². The molecule has 3 nitrogen and oxygen atoms in total. The largest absolute Gasteiger partial charge is 0.481 e. The summed E-state index contributed by atoms with van der Waals surface area (Å²) in [6.07, 6.45) is 19.6. The Hall–Kier alpha value is -1.38. The Balaban J connectivity index is 0.000000468. The van der Waals surface area contributed by atoms with Crippen LogP contribution in [0.3, 0.4) is 0 Å². The Morgan fingerprint density at radius 2 is 1.91 bits per heavy atom. The molecule has 1 fully saturated rings. The van der Waals surface area contributed by atoms with E-state index in [2.05, 4.69) is 19.1 Å². The zero-order chi connectivity index (χ0) is 17.3. The van der Waals surface area contributed by atoms with Gasteiger partial charge in [-0.15, -0.1) is 0 Å². The lowest BCUT2D eigenvalue weighted by molar-refractivity contribution is -0.137. The maximum Gasteiger partial charge on any atom is 0.303 e. The molecule has 0 bridgehead atoms. The smallest absolute Gasteiger partial charge is 0.303 e. The van der Waals surface area contributed by atoms with Crippen molar-refractivity contribution in [2.75, 3.05) is 0 Å². The van der Waals surface area contributed by atoms with Crippen molar-refractivity contribution in [3.8, 4) is 0 Å². The summed E-state index contributed by atoms with van der Waals surface area (Å²) in [4.78, 5) is 20.9. The molecule has 1 aliphatic carbocycles. The van der Waals surface area contributed by atoms with E-state index in [1.165, 1.54) is 32.1 Å². The van der Waals surface area contributed by atoms with Gasteiger partial charge in [-0.2, -0.15) is 0 Å². The van der Waals surface area contributed by atoms with Gasteiger partial charge in [0.2, 0.25) is 0 Å². The van der Waals surface area contributed by atoms with Crippen LogP contribution < -0.4 is 0 Å². The predicted octanol–water partition coefficient (Wildman–Crippen LogP) is 5.70. The number of carboxylic acid groups (broad SMARTS) is 1. The Kier molecular flexibility index (Phi) is 14.6. The molecule has 23 heavy (non-hydrogen) atoms. The maximum atomic E-state index is 11.0. The number of allylic oxidation sites excluding steroid dienone is 4. The summed E-state index contributed by atoms with van der Waals surface area (Å²) < 4.78 is 0. The third-order valence-corrected chi connectivity index (χ3v) is 3.91. The normalized spacial score (nSPS) is 17.7. The van der Waals surface area contributed by atoms with Crippen LogP contribution in [0.4, 0.5) is 0 Å². The highest BCUT2D eigenvalue weighted by atomic mass is 16.4. The summed E-state index contributed by atoms with van der Waals surface area (Å²) in [5, 5.41) is 8.19. The summed E-state index contributed by atoms with van der Waals surface area (Å²) in [5.74, 6) is 0.304. The van der Waals surface area contributed by atoms with Crippen molar-refractivity contribution in [3.63, 3.8) is 0 Å². The maximum absolute atomic E-state index is 11.0. The molecule has 0 spiro atoms. The Labute approximate surface area is 141 Å². The van der Waals surface area contributed by atoms with Crippen LogP contribution in [0.2, 0.25) is 0 Å². The minimum Gasteiger partial charge on any atom is -0.481 e. The average molecular weight is 322 g/mol. The minimum absolute atomic E-state index is 0.282. The molecule has 1 saturated carbocycles. The molecule has 0 aliphatic heterocycles. The molecule has 1 unspecified atom stereocenters. The number of carboxylic acids is 1. The summed E-state index contributed by atoms with van der Waals surface area (Å²) in [6.45, 7) is 4.17. The van der Waals surface area contributed by atoms with Gasteiger partial charge in [0, 0.05) is 19.3 Å². The van der Waals surface area contributed by atoms with Crippen LogP contribution in [-0.4, -0.2) is 16.9 Å². The van der Waals surface area contributed by atoms with E-state index in [4.69, 9.17) is 5.11 Å². The van der Waals surface area contributed by atoms with Crippen molar-refractivity contribution in [2.24, 2.45) is 5.92 Å². The first-order valence-corrected chi connectivity index (χ1v) is 9.11. The third-order valence-electron chi connectivity index (χ3n) is 3.91. The highest BCUT2D eigenvalue weighted by Crippen LogP contribution is 2.23. The fourth-order valence-electron chi connectivity index (χ4n) is 2.52. The van der Waals surface area contributed by atoms with Gasteiger partial charge < -0.3 is 5.11 Å². The van der Waals surface area contributed by atoms with E-state index in [1.54, 1.807) is 0 Å². The van der Waals surface area contributed by atoms with Gasteiger partial charge in [0.25, 0.3) is 0 Å². The summed E-state index contributed by atoms with van der Waals surface area (Å²) in [7, 11) is 0. The number of carbonyl (C=O) groups is 2. The van der Waals surface area contributed by atoms with Crippen LogP contribution in [0, 0.1) is 5.92 Å². The van der Waals surface area contributed by atoms with Gasteiger partial charge in [-0.3, -0.25) is 9.59 Å². The van der Waals surface area contributed by atoms with Crippen LogP contribution in [0.25, 0.3) is 0 Å². The lowest BCUT2D eigenvalue weighted by atomic mass is 10.1. The van der Waals surface area contributed by atoms with Gasteiger partial charge in [0.1, 0.15) is 5.78 Å². The first-order valence-electron chi connectivity index (χ1n) is 9.11. The van der Waals surface area contributed by atoms with Crippen molar-refractivity contribution in [2.45, 2.75) is 84.5 Å². The van der Waals surface area contributed by atoms with Gasteiger partial charge >= 0.3 is 5.97 Å². The molecule has 0 amide bonds. The van der Waals surface area contributed by atoms with Crippen molar-refractivity contribution in [1.29, 1.82) is 0 Å². The van der Waals surface area contributed by atoms with Crippen LogP contribution in [0.15, 0.2) is 24.3 Å². The van der Waals surface area contributed by atoms with Crippen LogP contribution >= 0.6 is 0 Å². The zero-order valence-corrected chi connectivity index (χ0v) is 14.9. The second-order valence-corrected chi connectivity index (χ2v) is 6.17. The average Bonchev–Trinajstić information content (AvgIpc) is 2.93. The summed E-state index contributed by atoms with van der Waals surface area (Å²) in [6, 6.07) is 0. The standard InChI is InChI=1S/C13H22O.C7H12O2/c1-2-3-4-5-6-7-8-12-9-10-13(14)11-12;1-2-3-4-5-6-7(8)9/h7-8,12H,2-6,9-11H2,1H3;2-3H,4-6H2,1H3,(H,8,9)/b8-7+;3-2-. The Bertz CT molecular complexity index is 369. The summed E-state index contributed by atoms with van der Waals surface area (Å²) >= 11 is 0. The van der Waals surface area contributed by atoms with E-state index in [1.807, 2.05) is 19.1 Å². The highest BCUT2D eigenvalue weighted by Gasteiger charge is 2.18. The Morgan fingerprint density at radius 1 is 1.17 bits per heavy atom. The van der Waals surface area contributed by atoms with Crippen molar-refractivity contribution >= 4 is 11.8 Å². The molecule has 1 rings (SSSR count). The molecule has 1 aliphatic rings.